The molecule has 7 heteroatoms. The van der Waals surface area contributed by atoms with Crippen LogP contribution in [0.4, 0.5) is 5.69 Å². The molecule has 0 spiro atoms. The molecule has 2 heterocycles. The van der Waals surface area contributed by atoms with Crippen LogP contribution in [0.1, 0.15) is 12.8 Å². The number of likely N-dealkylation sites (tertiary alicyclic amines) is 1. The summed E-state index contributed by atoms with van der Waals surface area (Å²) in [6.07, 6.45) is 5.98. The Kier molecular flexibility index (Phi) is 6.12. The van der Waals surface area contributed by atoms with Gasteiger partial charge in [0, 0.05) is 25.0 Å². The number of carbonyl (C=O) groups is 1. The van der Waals surface area contributed by atoms with E-state index in [1.165, 1.54) is 0 Å². The van der Waals surface area contributed by atoms with Crippen LogP contribution >= 0.6 is 0 Å². The van der Waals surface area contributed by atoms with Crippen LogP contribution in [-0.2, 0) is 11.3 Å². The Morgan fingerprint density at radius 2 is 2.08 bits per heavy atom. The Labute approximate surface area is 153 Å². The Morgan fingerprint density at radius 3 is 2.73 bits per heavy atom. The van der Waals surface area contributed by atoms with E-state index in [0.29, 0.717) is 29.6 Å². The topological polar surface area (TPSA) is 68.6 Å². The summed E-state index contributed by atoms with van der Waals surface area (Å²) in [5, 5.41) is 7.20. The molecule has 1 aliphatic rings. The molecule has 0 bridgehead atoms. The van der Waals surface area contributed by atoms with Crippen molar-refractivity contribution in [2.75, 3.05) is 39.2 Å². The molecule has 0 radical (unpaired) electrons. The number of hydrogen-bond acceptors (Lipinski definition) is 5. The first-order chi connectivity index (χ1) is 12.7. The largest absolute Gasteiger partial charge is 0.497 e. The lowest BCUT2D eigenvalue weighted by molar-refractivity contribution is -0.117. The lowest BCUT2D eigenvalue weighted by Crippen LogP contribution is -2.40. The van der Waals surface area contributed by atoms with Gasteiger partial charge in [0.15, 0.2) is 0 Å². The summed E-state index contributed by atoms with van der Waals surface area (Å²) in [4.78, 5) is 14.6. The van der Waals surface area contributed by atoms with Crippen molar-refractivity contribution in [3.05, 3.63) is 36.7 Å². The number of anilines is 1. The minimum atomic E-state index is -0.0287. The molecule has 2 aromatic rings. The molecule has 26 heavy (non-hydrogen) atoms. The van der Waals surface area contributed by atoms with Crippen molar-refractivity contribution in [2.45, 2.75) is 19.4 Å². The smallest absolute Gasteiger partial charge is 0.238 e. The number of nitrogens with one attached hydrogen (secondary N) is 1. The molecular formula is C19H26N4O3. The average molecular weight is 358 g/mol. The maximum absolute atomic E-state index is 12.4. The highest BCUT2D eigenvalue weighted by Gasteiger charge is 2.21. The summed E-state index contributed by atoms with van der Waals surface area (Å²) in [5.74, 6) is 1.88. The van der Waals surface area contributed by atoms with Gasteiger partial charge in [-0.2, -0.15) is 5.10 Å². The third-order valence-corrected chi connectivity index (χ3v) is 4.76. The van der Waals surface area contributed by atoms with Gasteiger partial charge in [0.05, 0.1) is 26.5 Å². The Bertz CT molecular complexity index is 710. The second-order valence-corrected chi connectivity index (χ2v) is 6.56. The van der Waals surface area contributed by atoms with Gasteiger partial charge in [-0.1, -0.05) is 0 Å². The summed E-state index contributed by atoms with van der Waals surface area (Å²) in [5.41, 5.74) is 0.659. The third kappa shape index (κ3) is 4.76. The second kappa shape index (κ2) is 8.71. The lowest BCUT2D eigenvalue weighted by Gasteiger charge is -2.31. The highest BCUT2D eigenvalue weighted by Crippen LogP contribution is 2.29. The SMILES string of the molecule is COc1ccc(NC(=O)CN2CCC(Cn3cccn3)CC2)c(OC)c1. The molecule has 1 aromatic heterocycles. The normalized spacial score (nSPS) is 15.6. The summed E-state index contributed by atoms with van der Waals surface area (Å²) in [7, 11) is 3.18. The highest BCUT2D eigenvalue weighted by molar-refractivity contribution is 5.93. The van der Waals surface area contributed by atoms with E-state index >= 15 is 0 Å². The van der Waals surface area contributed by atoms with E-state index in [9.17, 15) is 4.79 Å². The van der Waals surface area contributed by atoms with Crippen molar-refractivity contribution < 1.29 is 14.3 Å². The van der Waals surface area contributed by atoms with E-state index in [2.05, 4.69) is 15.3 Å². The van der Waals surface area contributed by atoms with Crippen molar-refractivity contribution in [1.82, 2.24) is 14.7 Å². The molecule has 1 saturated heterocycles. The van der Waals surface area contributed by atoms with Gasteiger partial charge in [0.1, 0.15) is 11.5 Å². The first-order valence-corrected chi connectivity index (χ1v) is 8.89. The fourth-order valence-corrected chi connectivity index (χ4v) is 3.29. The van der Waals surface area contributed by atoms with E-state index in [1.807, 2.05) is 23.1 Å². The van der Waals surface area contributed by atoms with Crippen LogP contribution in [0.3, 0.4) is 0 Å². The second-order valence-electron chi connectivity index (χ2n) is 6.56. The maximum Gasteiger partial charge on any atom is 0.238 e. The number of amides is 1. The van der Waals surface area contributed by atoms with E-state index in [-0.39, 0.29) is 5.91 Å². The molecule has 0 atom stereocenters. The number of methoxy groups -OCH3 is 2. The van der Waals surface area contributed by atoms with Crippen LogP contribution in [0.2, 0.25) is 0 Å². The van der Waals surface area contributed by atoms with Crippen LogP contribution in [0.5, 0.6) is 11.5 Å². The van der Waals surface area contributed by atoms with Crippen molar-refractivity contribution in [3.8, 4) is 11.5 Å². The van der Waals surface area contributed by atoms with Gasteiger partial charge in [-0.3, -0.25) is 14.4 Å². The van der Waals surface area contributed by atoms with Crippen LogP contribution in [0.25, 0.3) is 0 Å². The average Bonchev–Trinajstić information content (AvgIpc) is 3.16. The van der Waals surface area contributed by atoms with Crippen LogP contribution < -0.4 is 14.8 Å². The summed E-state index contributed by atoms with van der Waals surface area (Å²) in [6.45, 7) is 3.21. The van der Waals surface area contributed by atoms with E-state index < -0.39 is 0 Å². The number of rotatable bonds is 7. The van der Waals surface area contributed by atoms with E-state index in [4.69, 9.17) is 9.47 Å². The zero-order valence-corrected chi connectivity index (χ0v) is 15.4. The summed E-state index contributed by atoms with van der Waals surface area (Å²) < 4.78 is 12.5. The number of aromatic nitrogens is 2. The predicted octanol–water partition coefficient (Wildman–Crippen LogP) is 2.25. The van der Waals surface area contributed by atoms with Crippen LogP contribution in [-0.4, -0.2) is 54.4 Å². The van der Waals surface area contributed by atoms with Crippen LogP contribution in [0.15, 0.2) is 36.7 Å². The maximum atomic E-state index is 12.4. The zero-order chi connectivity index (χ0) is 18.4. The monoisotopic (exact) mass is 358 g/mol. The molecule has 1 fully saturated rings. The molecule has 3 rings (SSSR count). The molecule has 1 aliphatic heterocycles. The third-order valence-electron chi connectivity index (χ3n) is 4.76. The number of piperidine rings is 1. The van der Waals surface area contributed by atoms with E-state index in [1.54, 1.807) is 32.4 Å². The first-order valence-electron chi connectivity index (χ1n) is 8.89. The van der Waals surface area contributed by atoms with Crippen molar-refractivity contribution in [1.29, 1.82) is 0 Å². The Balaban J connectivity index is 1.47. The highest BCUT2D eigenvalue weighted by atomic mass is 16.5. The number of nitrogens with zero attached hydrogens (tertiary/aromatic N) is 3. The molecule has 7 nitrogen and oxygen atoms in total. The van der Waals surface area contributed by atoms with Gasteiger partial charge in [0.2, 0.25) is 5.91 Å². The molecule has 0 saturated carbocycles. The van der Waals surface area contributed by atoms with Crippen LogP contribution in [0, 0.1) is 5.92 Å². The van der Waals surface area contributed by atoms with Crippen molar-refractivity contribution in [3.63, 3.8) is 0 Å². The molecule has 0 aliphatic carbocycles. The number of ether oxygens (including phenoxy) is 2. The lowest BCUT2D eigenvalue weighted by atomic mass is 9.97. The van der Waals surface area contributed by atoms with E-state index in [0.717, 1.165) is 32.5 Å². The quantitative estimate of drug-likeness (QED) is 0.822. The number of benzene rings is 1. The molecular weight excluding hydrogens is 332 g/mol. The van der Waals surface area contributed by atoms with Crippen molar-refractivity contribution >= 4 is 11.6 Å². The molecule has 1 amide bonds. The summed E-state index contributed by atoms with van der Waals surface area (Å²) in [6, 6.07) is 7.31. The Morgan fingerprint density at radius 1 is 1.27 bits per heavy atom. The van der Waals surface area contributed by atoms with Crippen molar-refractivity contribution in [2.24, 2.45) is 5.92 Å². The van der Waals surface area contributed by atoms with Gasteiger partial charge < -0.3 is 14.8 Å². The molecule has 1 aromatic carbocycles. The number of carbonyl (C=O) groups excluding carboxylic acids is 1. The minimum Gasteiger partial charge on any atom is -0.497 e. The summed E-state index contributed by atoms with van der Waals surface area (Å²) >= 11 is 0. The fraction of sp³-hybridized carbons (Fsp3) is 0.474. The standard InChI is InChI=1S/C19H26N4O3/c1-25-16-4-5-17(18(12-16)26-2)21-19(24)14-22-10-6-15(7-11-22)13-23-9-3-8-20-23/h3-5,8-9,12,15H,6-7,10-11,13-14H2,1-2H3,(H,21,24). The van der Waals surface area contributed by atoms with Gasteiger partial charge >= 0.3 is 0 Å². The van der Waals surface area contributed by atoms with Gasteiger partial charge in [-0.05, 0) is 50.0 Å². The molecule has 0 unspecified atom stereocenters. The van der Waals surface area contributed by atoms with Gasteiger partial charge in [-0.25, -0.2) is 0 Å². The van der Waals surface area contributed by atoms with Gasteiger partial charge in [0.25, 0.3) is 0 Å². The first kappa shape index (κ1) is 18.3. The predicted molar refractivity (Wildman–Crippen MR) is 99.6 cm³/mol. The van der Waals surface area contributed by atoms with Gasteiger partial charge in [-0.15, -0.1) is 0 Å². The fourth-order valence-electron chi connectivity index (χ4n) is 3.29. The molecule has 140 valence electrons. The zero-order valence-electron chi connectivity index (χ0n) is 15.4. The molecule has 1 N–H and O–H groups in total. The Hall–Kier alpha value is -2.54. The number of hydrogen-bond donors (Lipinski definition) is 1. The minimum absolute atomic E-state index is 0.0287.